The van der Waals surface area contributed by atoms with Gasteiger partial charge in [0.05, 0.1) is 6.42 Å². The Balaban J connectivity index is 2.28. The molecule has 0 fully saturated rings. The van der Waals surface area contributed by atoms with Crippen molar-refractivity contribution >= 4 is 17.6 Å². The van der Waals surface area contributed by atoms with Crippen LogP contribution in [0, 0.1) is 0 Å². The van der Waals surface area contributed by atoms with Gasteiger partial charge < -0.3 is 4.74 Å². The second-order valence-electron chi connectivity index (χ2n) is 3.36. The minimum Gasteiger partial charge on any atom is -0.426 e. The van der Waals surface area contributed by atoms with Crippen molar-refractivity contribution < 1.29 is 9.53 Å². The number of carbonyl (C=O) groups is 1. The van der Waals surface area contributed by atoms with E-state index in [0.717, 1.165) is 24.0 Å². The molecule has 0 aliphatic carbocycles. The molecule has 2 nitrogen and oxygen atoms in total. The second-order valence-corrected chi connectivity index (χ2v) is 3.73. The topological polar surface area (TPSA) is 26.3 Å². The van der Waals surface area contributed by atoms with Gasteiger partial charge in [0.1, 0.15) is 5.75 Å². The van der Waals surface area contributed by atoms with E-state index in [2.05, 4.69) is 0 Å². The normalized spacial score (nSPS) is 14.8. The van der Waals surface area contributed by atoms with E-state index in [4.69, 9.17) is 16.3 Å². The number of fused-ring (bicyclic) bond motifs is 1. The van der Waals surface area contributed by atoms with Crippen molar-refractivity contribution in [2.75, 3.05) is 5.88 Å². The van der Waals surface area contributed by atoms with Crippen molar-refractivity contribution in [3.8, 4) is 5.75 Å². The number of benzene rings is 1. The number of esters is 1. The van der Waals surface area contributed by atoms with Crippen molar-refractivity contribution in [1.82, 2.24) is 0 Å². The van der Waals surface area contributed by atoms with Gasteiger partial charge in [-0.15, -0.1) is 11.6 Å². The molecule has 0 amide bonds. The summed E-state index contributed by atoms with van der Waals surface area (Å²) in [6.45, 7) is 0. The first-order valence-corrected chi connectivity index (χ1v) is 5.21. The van der Waals surface area contributed by atoms with Gasteiger partial charge in [-0.3, -0.25) is 4.79 Å². The van der Waals surface area contributed by atoms with Gasteiger partial charge in [-0.1, -0.05) is 12.1 Å². The van der Waals surface area contributed by atoms with E-state index in [0.29, 0.717) is 18.1 Å². The molecule has 0 aromatic heterocycles. The summed E-state index contributed by atoms with van der Waals surface area (Å²) in [4.78, 5) is 11.0. The van der Waals surface area contributed by atoms with E-state index in [1.165, 1.54) is 0 Å². The molecule has 1 aliphatic heterocycles. The molecule has 74 valence electrons. The molecule has 0 saturated carbocycles. The molecule has 1 aromatic rings. The fraction of sp³-hybridized carbons (Fsp3) is 0.364. The van der Waals surface area contributed by atoms with Gasteiger partial charge in [-0.05, 0) is 30.0 Å². The maximum atomic E-state index is 11.0. The Bertz CT molecular complexity index is 360. The molecule has 0 unspecified atom stereocenters. The monoisotopic (exact) mass is 210 g/mol. The number of hydrogen-bond donors (Lipinski definition) is 0. The standard InChI is InChI=1S/C11H11ClO2/c12-6-5-8-1-2-9-3-4-11(13)14-10(9)7-8/h1-2,7H,3-6H2. The van der Waals surface area contributed by atoms with Gasteiger partial charge in [0.15, 0.2) is 0 Å². The van der Waals surface area contributed by atoms with Crippen LogP contribution in [-0.4, -0.2) is 11.8 Å². The van der Waals surface area contributed by atoms with E-state index in [1.54, 1.807) is 0 Å². The molecule has 0 saturated heterocycles. The Labute approximate surface area is 87.8 Å². The van der Waals surface area contributed by atoms with E-state index in [1.807, 2.05) is 18.2 Å². The smallest absolute Gasteiger partial charge is 0.311 e. The number of alkyl halides is 1. The molecule has 14 heavy (non-hydrogen) atoms. The largest absolute Gasteiger partial charge is 0.426 e. The Kier molecular flexibility index (Phi) is 2.73. The summed E-state index contributed by atoms with van der Waals surface area (Å²) in [5.74, 6) is 1.16. The molecule has 0 radical (unpaired) electrons. The first-order chi connectivity index (χ1) is 6.79. The molecule has 0 spiro atoms. The molecule has 1 heterocycles. The lowest BCUT2D eigenvalue weighted by Crippen LogP contribution is -2.15. The summed E-state index contributed by atoms with van der Waals surface area (Å²) in [6, 6.07) is 5.97. The minimum atomic E-state index is -0.138. The van der Waals surface area contributed by atoms with Crippen molar-refractivity contribution in [1.29, 1.82) is 0 Å². The van der Waals surface area contributed by atoms with Crippen LogP contribution in [0.2, 0.25) is 0 Å². The van der Waals surface area contributed by atoms with Crippen LogP contribution in [0.1, 0.15) is 17.5 Å². The Hall–Kier alpha value is -1.02. The van der Waals surface area contributed by atoms with Gasteiger partial charge in [-0.2, -0.15) is 0 Å². The van der Waals surface area contributed by atoms with Crippen molar-refractivity contribution in [3.05, 3.63) is 29.3 Å². The molecular formula is C11H11ClO2. The average molecular weight is 211 g/mol. The average Bonchev–Trinajstić information content (AvgIpc) is 2.17. The summed E-state index contributed by atoms with van der Waals surface area (Å²) in [7, 11) is 0. The van der Waals surface area contributed by atoms with Gasteiger partial charge in [0.25, 0.3) is 0 Å². The number of aryl methyl sites for hydroxylation is 2. The third-order valence-electron chi connectivity index (χ3n) is 2.34. The molecule has 1 aromatic carbocycles. The lowest BCUT2D eigenvalue weighted by molar-refractivity contribution is -0.135. The van der Waals surface area contributed by atoms with E-state index >= 15 is 0 Å². The van der Waals surface area contributed by atoms with E-state index in [9.17, 15) is 4.79 Å². The highest BCUT2D eigenvalue weighted by molar-refractivity contribution is 6.17. The summed E-state index contributed by atoms with van der Waals surface area (Å²) >= 11 is 5.64. The third kappa shape index (κ3) is 1.90. The molecule has 0 atom stereocenters. The number of carbonyl (C=O) groups excluding carboxylic acids is 1. The SMILES string of the molecule is O=C1CCc2ccc(CCCl)cc2O1. The Morgan fingerprint density at radius 3 is 3.00 bits per heavy atom. The zero-order valence-corrected chi connectivity index (χ0v) is 8.51. The van der Waals surface area contributed by atoms with Gasteiger partial charge in [0.2, 0.25) is 0 Å². The van der Waals surface area contributed by atoms with Crippen LogP contribution in [0.5, 0.6) is 5.75 Å². The van der Waals surface area contributed by atoms with Crippen LogP contribution in [0.15, 0.2) is 18.2 Å². The maximum absolute atomic E-state index is 11.0. The number of hydrogen-bond acceptors (Lipinski definition) is 2. The van der Waals surface area contributed by atoms with Crippen LogP contribution >= 0.6 is 11.6 Å². The lowest BCUT2D eigenvalue weighted by atomic mass is 10.0. The minimum absolute atomic E-state index is 0.138. The lowest BCUT2D eigenvalue weighted by Gasteiger charge is -2.15. The molecule has 3 heteroatoms. The van der Waals surface area contributed by atoms with Crippen LogP contribution in [0.25, 0.3) is 0 Å². The van der Waals surface area contributed by atoms with Crippen LogP contribution < -0.4 is 4.74 Å². The highest BCUT2D eigenvalue weighted by Gasteiger charge is 2.16. The molecule has 1 aliphatic rings. The van der Waals surface area contributed by atoms with Crippen LogP contribution in [-0.2, 0) is 17.6 Å². The number of halogens is 1. The molecular weight excluding hydrogens is 200 g/mol. The van der Waals surface area contributed by atoms with Crippen molar-refractivity contribution in [3.63, 3.8) is 0 Å². The van der Waals surface area contributed by atoms with Crippen LogP contribution in [0.4, 0.5) is 0 Å². The predicted octanol–water partition coefficient (Wildman–Crippen LogP) is 2.32. The highest BCUT2D eigenvalue weighted by Crippen LogP contribution is 2.26. The van der Waals surface area contributed by atoms with E-state index < -0.39 is 0 Å². The molecule has 0 bridgehead atoms. The fourth-order valence-electron chi connectivity index (χ4n) is 1.58. The Morgan fingerprint density at radius 1 is 1.36 bits per heavy atom. The third-order valence-corrected chi connectivity index (χ3v) is 2.53. The van der Waals surface area contributed by atoms with Crippen molar-refractivity contribution in [2.24, 2.45) is 0 Å². The molecule has 0 N–H and O–H groups in total. The predicted molar refractivity (Wildman–Crippen MR) is 54.8 cm³/mol. The summed E-state index contributed by atoms with van der Waals surface area (Å²) < 4.78 is 5.14. The second kappa shape index (κ2) is 4.01. The molecule has 2 rings (SSSR count). The number of ether oxygens (including phenoxy) is 1. The first-order valence-electron chi connectivity index (χ1n) is 4.68. The first kappa shape index (κ1) is 9.53. The van der Waals surface area contributed by atoms with Crippen molar-refractivity contribution in [2.45, 2.75) is 19.3 Å². The quantitative estimate of drug-likeness (QED) is 0.426. The summed E-state index contributed by atoms with van der Waals surface area (Å²) in [5.41, 5.74) is 2.23. The number of rotatable bonds is 2. The summed E-state index contributed by atoms with van der Waals surface area (Å²) in [6.07, 6.45) is 2.09. The van der Waals surface area contributed by atoms with Crippen LogP contribution in [0.3, 0.4) is 0 Å². The van der Waals surface area contributed by atoms with Gasteiger partial charge in [0, 0.05) is 5.88 Å². The Morgan fingerprint density at radius 2 is 2.21 bits per heavy atom. The summed E-state index contributed by atoms with van der Waals surface area (Å²) in [5, 5.41) is 0. The highest BCUT2D eigenvalue weighted by atomic mass is 35.5. The fourth-order valence-corrected chi connectivity index (χ4v) is 1.79. The zero-order valence-electron chi connectivity index (χ0n) is 7.75. The zero-order chi connectivity index (χ0) is 9.97. The maximum Gasteiger partial charge on any atom is 0.311 e. The van der Waals surface area contributed by atoms with E-state index in [-0.39, 0.29) is 5.97 Å². The van der Waals surface area contributed by atoms with Gasteiger partial charge in [-0.25, -0.2) is 0 Å². The van der Waals surface area contributed by atoms with Gasteiger partial charge >= 0.3 is 5.97 Å².